The summed E-state index contributed by atoms with van der Waals surface area (Å²) in [6.45, 7) is 5.98. The molecule has 0 atom stereocenters. The predicted molar refractivity (Wildman–Crippen MR) is 118 cm³/mol. The number of benzene rings is 2. The predicted octanol–water partition coefficient (Wildman–Crippen LogP) is 4.73. The number of amides is 1. The van der Waals surface area contributed by atoms with Crippen LogP contribution in [-0.2, 0) is 11.3 Å². The van der Waals surface area contributed by atoms with Crippen LogP contribution in [0.4, 0.5) is 11.4 Å². The van der Waals surface area contributed by atoms with Crippen molar-refractivity contribution in [3.63, 3.8) is 0 Å². The molecule has 2 aromatic carbocycles. The van der Waals surface area contributed by atoms with Gasteiger partial charge in [-0.1, -0.05) is 47.6 Å². The maximum Gasteiger partial charge on any atom is 0.271 e. The second kappa shape index (κ2) is 9.55. The molecule has 0 radical (unpaired) electrons. The van der Waals surface area contributed by atoms with E-state index in [1.54, 1.807) is 25.1 Å². The largest absolute Gasteiger partial charge is 0.325 e. The summed E-state index contributed by atoms with van der Waals surface area (Å²) in [6, 6.07) is 11.6. The highest BCUT2D eigenvalue weighted by Gasteiger charge is 2.17. The molecule has 30 heavy (non-hydrogen) atoms. The Kier molecular flexibility index (Phi) is 6.86. The van der Waals surface area contributed by atoms with E-state index in [-0.39, 0.29) is 17.3 Å². The summed E-state index contributed by atoms with van der Waals surface area (Å²) >= 11 is 7.49. The van der Waals surface area contributed by atoms with E-state index in [9.17, 15) is 14.9 Å². The van der Waals surface area contributed by atoms with Gasteiger partial charge in [0.05, 0.1) is 21.4 Å². The number of anilines is 1. The zero-order valence-corrected chi connectivity index (χ0v) is 17.6. The topological polar surface area (TPSA) is 103 Å². The van der Waals surface area contributed by atoms with Crippen molar-refractivity contribution >= 4 is 40.6 Å². The van der Waals surface area contributed by atoms with E-state index in [1.807, 2.05) is 22.8 Å². The monoisotopic (exact) mass is 443 g/mol. The maximum absolute atomic E-state index is 12.4. The van der Waals surface area contributed by atoms with E-state index in [2.05, 4.69) is 22.1 Å². The molecule has 3 aromatic rings. The van der Waals surface area contributed by atoms with Crippen molar-refractivity contribution in [1.82, 2.24) is 14.8 Å². The van der Waals surface area contributed by atoms with Gasteiger partial charge in [-0.25, -0.2) is 0 Å². The lowest BCUT2D eigenvalue weighted by Crippen LogP contribution is -2.15. The smallest absolute Gasteiger partial charge is 0.271 e. The van der Waals surface area contributed by atoms with E-state index in [4.69, 9.17) is 11.6 Å². The zero-order chi connectivity index (χ0) is 21.7. The number of carbonyl (C=O) groups is 1. The van der Waals surface area contributed by atoms with Crippen LogP contribution < -0.4 is 5.32 Å². The second-order valence-corrected chi connectivity index (χ2v) is 7.63. The number of aromatic nitrogens is 3. The van der Waals surface area contributed by atoms with Gasteiger partial charge < -0.3 is 5.32 Å². The minimum Gasteiger partial charge on any atom is -0.325 e. The van der Waals surface area contributed by atoms with Crippen LogP contribution in [0.5, 0.6) is 0 Å². The number of nitrogens with zero attached hydrogens (tertiary/aromatic N) is 4. The maximum atomic E-state index is 12.4. The zero-order valence-electron chi connectivity index (χ0n) is 16.0. The number of thioether (sulfide) groups is 1. The molecule has 1 aromatic heterocycles. The van der Waals surface area contributed by atoms with Gasteiger partial charge in [-0.05, 0) is 24.6 Å². The number of allylic oxidation sites excluding steroid dienone is 1. The number of hydrogen-bond acceptors (Lipinski definition) is 6. The molecule has 0 saturated heterocycles. The van der Waals surface area contributed by atoms with E-state index in [1.165, 1.54) is 23.9 Å². The van der Waals surface area contributed by atoms with Crippen LogP contribution in [0.3, 0.4) is 0 Å². The number of carbonyl (C=O) groups excluding carboxylic acids is 1. The van der Waals surface area contributed by atoms with Gasteiger partial charge in [-0.15, -0.1) is 16.8 Å². The van der Waals surface area contributed by atoms with Crippen LogP contribution in [0.15, 0.2) is 60.3 Å². The van der Waals surface area contributed by atoms with Gasteiger partial charge in [0.15, 0.2) is 11.0 Å². The first-order valence-corrected chi connectivity index (χ1v) is 10.2. The minimum absolute atomic E-state index is 0.0555. The van der Waals surface area contributed by atoms with Crippen molar-refractivity contribution in [2.75, 3.05) is 11.1 Å². The summed E-state index contributed by atoms with van der Waals surface area (Å²) in [6.07, 6.45) is 1.71. The molecule has 0 unspecified atom stereocenters. The third-order valence-electron chi connectivity index (χ3n) is 4.18. The molecule has 8 nitrogen and oxygen atoms in total. The molecule has 3 rings (SSSR count). The quantitative estimate of drug-likeness (QED) is 0.233. The number of nitro benzene ring substituents is 1. The van der Waals surface area contributed by atoms with Crippen LogP contribution in [0.25, 0.3) is 11.4 Å². The second-order valence-electron chi connectivity index (χ2n) is 6.28. The third kappa shape index (κ3) is 4.87. The Labute approximate surface area is 182 Å². The molecule has 1 N–H and O–H groups in total. The van der Waals surface area contributed by atoms with Crippen LogP contribution in [0, 0.1) is 17.0 Å². The molecule has 1 heterocycles. The average molecular weight is 444 g/mol. The molecule has 0 fully saturated rings. The summed E-state index contributed by atoms with van der Waals surface area (Å²) in [5.74, 6) is 0.328. The van der Waals surface area contributed by atoms with E-state index < -0.39 is 4.92 Å². The van der Waals surface area contributed by atoms with Crippen molar-refractivity contribution in [3.05, 3.63) is 75.8 Å². The number of hydrogen-bond donors (Lipinski definition) is 1. The number of rotatable bonds is 8. The summed E-state index contributed by atoms with van der Waals surface area (Å²) in [5, 5.41) is 23.2. The van der Waals surface area contributed by atoms with Gasteiger partial charge in [0.1, 0.15) is 0 Å². The van der Waals surface area contributed by atoms with Gasteiger partial charge in [-0.2, -0.15) is 0 Å². The lowest BCUT2D eigenvalue weighted by atomic mass is 10.2. The van der Waals surface area contributed by atoms with Crippen LogP contribution in [0.2, 0.25) is 5.02 Å². The van der Waals surface area contributed by atoms with Crippen molar-refractivity contribution in [2.45, 2.75) is 18.6 Å². The molecule has 1 amide bonds. The van der Waals surface area contributed by atoms with Crippen LogP contribution >= 0.6 is 23.4 Å². The number of aryl methyl sites for hydroxylation is 1. The highest BCUT2D eigenvalue weighted by Crippen LogP contribution is 2.29. The Hall–Kier alpha value is -3.17. The Morgan fingerprint density at radius 3 is 2.80 bits per heavy atom. The lowest BCUT2D eigenvalue weighted by molar-refractivity contribution is -0.384. The summed E-state index contributed by atoms with van der Waals surface area (Å²) in [7, 11) is 0. The van der Waals surface area contributed by atoms with Gasteiger partial charge in [-0.3, -0.25) is 19.5 Å². The van der Waals surface area contributed by atoms with E-state index in [0.29, 0.717) is 28.2 Å². The summed E-state index contributed by atoms with van der Waals surface area (Å²) in [4.78, 5) is 22.9. The Morgan fingerprint density at radius 1 is 1.33 bits per heavy atom. The fourth-order valence-corrected chi connectivity index (χ4v) is 3.67. The molecule has 0 saturated carbocycles. The Balaban J connectivity index is 1.75. The first kappa shape index (κ1) is 21.5. The Bertz CT molecular complexity index is 1120. The molecule has 0 aliphatic carbocycles. The Morgan fingerprint density at radius 2 is 2.10 bits per heavy atom. The van der Waals surface area contributed by atoms with Crippen molar-refractivity contribution in [2.24, 2.45) is 0 Å². The molecule has 0 spiro atoms. The van der Waals surface area contributed by atoms with Crippen LogP contribution in [0.1, 0.15) is 5.56 Å². The molecule has 0 aliphatic heterocycles. The van der Waals surface area contributed by atoms with Crippen molar-refractivity contribution < 1.29 is 9.72 Å². The van der Waals surface area contributed by atoms with Crippen LogP contribution in [-0.4, -0.2) is 31.3 Å². The van der Waals surface area contributed by atoms with E-state index in [0.717, 1.165) is 11.1 Å². The molecular formula is C20H18ClN5O3S. The van der Waals surface area contributed by atoms with Gasteiger partial charge in [0.2, 0.25) is 5.91 Å². The molecular weight excluding hydrogens is 426 g/mol. The first-order chi connectivity index (χ1) is 14.4. The fraction of sp³-hybridized carbons (Fsp3) is 0.150. The number of nitrogens with one attached hydrogen (secondary N) is 1. The molecule has 0 bridgehead atoms. The van der Waals surface area contributed by atoms with Crippen molar-refractivity contribution in [1.29, 1.82) is 0 Å². The number of non-ortho nitro benzene ring substituents is 1. The number of nitro groups is 1. The SMILES string of the molecule is C=CCn1c(SCC(=O)Nc2cc([N+](=O)[O-])ccc2C)nnc1-c1ccccc1Cl. The van der Waals surface area contributed by atoms with Crippen molar-refractivity contribution in [3.8, 4) is 11.4 Å². The third-order valence-corrected chi connectivity index (χ3v) is 5.48. The molecule has 10 heteroatoms. The lowest BCUT2D eigenvalue weighted by Gasteiger charge is -2.10. The van der Waals surface area contributed by atoms with Gasteiger partial charge in [0.25, 0.3) is 5.69 Å². The van der Waals surface area contributed by atoms with Gasteiger partial charge >= 0.3 is 0 Å². The fourth-order valence-electron chi connectivity index (χ4n) is 2.71. The highest BCUT2D eigenvalue weighted by atomic mass is 35.5. The molecule has 0 aliphatic rings. The van der Waals surface area contributed by atoms with E-state index >= 15 is 0 Å². The average Bonchev–Trinajstić information content (AvgIpc) is 3.11. The number of halogens is 1. The minimum atomic E-state index is -0.502. The highest BCUT2D eigenvalue weighted by molar-refractivity contribution is 7.99. The van der Waals surface area contributed by atoms with Gasteiger partial charge in [0, 0.05) is 24.2 Å². The first-order valence-electron chi connectivity index (χ1n) is 8.87. The summed E-state index contributed by atoms with van der Waals surface area (Å²) in [5.41, 5.74) is 1.78. The standard InChI is InChI=1S/C20H18ClN5O3S/c1-3-10-25-19(15-6-4-5-7-16(15)21)23-24-20(25)30-12-18(27)22-17-11-14(26(28)29)9-8-13(17)2/h3-9,11H,1,10,12H2,2H3,(H,22,27). The molecule has 154 valence electrons. The summed E-state index contributed by atoms with van der Waals surface area (Å²) < 4.78 is 1.82. The normalized spacial score (nSPS) is 10.6.